The Kier molecular flexibility index (Phi) is 4.76. The quantitative estimate of drug-likeness (QED) is 0.504. The Morgan fingerprint density at radius 3 is 2.57 bits per heavy atom. The molecule has 2 aromatic carbocycles. The number of hydrogen-bond acceptors (Lipinski definition) is 5. The van der Waals surface area contributed by atoms with Crippen molar-refractivity contribution in [2.45, 2.75) is 6.42 Å². The number of carbonyl (C=O) groups is 3. The first-order valence-electron chi connectivity index (χ1n) is 8.86. The number of nitrogens with zero attached hydrogens (tertiary/aromatic N) is 1. The summed E-state index contributed by atoms with van der Waals surface area (Å²) in [5.41, 5.74) is 3.06. The molecule has 0 spiro atoms. The van der Waals surface area contributed by atoms with E-state index in [1.54, 1.807) is 41.3 Å². The number of amides is 1. The number of rotatable bonds is 5. The smallest absolute Gasteiger partial charge is 0.338 e. The molecule has 140 valence electrons. The normalized spacial score (nSPS) is 12.5. The van der Waals surface area contributed by atoms with Gasteiger partial charge in [-0.15, -0.1) is 0 Å². The fourth-order valence-corrected chi connectivity index (χ4v) is 3.23. The number of hydrogen-bond donors (Lipinski definition) is 0. The van der Waals surface area contributed by atoms with Crippen molar-refractivity contribution in [3.63, 3.8) is 0 Å². The Labute approximate surface area is 161 Å². The van der Waals surface area contributed by atoms with Crippen molar-refractivity contribution in [2.75, 3.05) is 18.1 Å². The van der Waals surface area contributed by atoms with Crippen LogP contribution in [0.2, 0.25) is 0 Å². The molecule has 1 amide bonds. The fraction of sp³-hybridized carbons (Fsp3) is 0.136. The zero-order chi connectivity index (χ0) is 19.5. The average molecular weight is 375 g/mol. The summed E-state index contributed by atoms with van der Waals surface area (Å²) >= 11 is 0. The maximum Gasteiger partial charge on any atom is 0.338 e. The highest BCUT2D eigenvalue weighted by Crippen LogP contribution is 2.27. The number of ether oxygens (including phenoxy) is 1. The lowest BCUT2D eigenvalue weighted by Crippen LogP contribution is -2.33. The van der Waals surface area contributed by atoms with Gasteiger partial charge < -0.3 is 14.1 Å². The molecule has 0 aliphatic carbocycles. The molecule has 0 N–H and O–H groups in total. The van der Waals surface area contributed by atoms with Crippen LogP contribution in [0.25, 0.3) is 11.3 Å². The summed E-state index contributed by atoms with van der Waals surface area (Å²) in [5.74, 6) is -0.0438. The second-order valence-corrected chi connectivity index (χ2v) is 6.40. The molecule has 0 saturated heterocycles. The Bertz CT molecular complexity index is 1040. The van der Waals surface area contributed by atoms with Crippen LogP contribution in [0, 0.1) is 0 Å². The van der Waals surface area contributed by atoms with Gasteiger partial charge in [0.2, 0.25) is 0 Å². The van der Waals surface area contributed by atoms with E-state index in [2.05, 4.69) is 0 Å². The Morgan fingerprint density at radius 1 is 1.04 bits per heavy atom. The zero-order valence-electron chi connectivity index (χ0n) is 15.0. The number of fused-ring (bicyclic) bond motifs is 1. The van der Waals surface area contributed by atoms with Crippen LogP contribution < -0.4 is 4.90 Å². The lowest BCUT2D eigenvalue weighted by molar-refractivity contribution is -0.121. The second-order valence-electron chi connectivity index (χ2n) is 6.40. The molecule has 0 unspecified atom stereocenters. The summed E-state index contributed by atoms with van der Waals surface area (Å²) in [7, 11) is 0. The van der Waals surface area contributed by atoms with E-state index in [9.17, 15) is 14.4 Å². The van der Waals surface area contributed by atoms with Crippen LogP contribution >= 0.6 is 0 Å². The fourth-order valence-electron chi connectivity index (χ4n) is 3.23. The summed E-state index contributed by atoms with van der Waals surface area (Å²) < 4.78 is 10.5. The monoisotopic (exact) mass is 375 g/mol. The highest BCUT2D eigenvalue weighted by atomic mass is 16.5. The van der Waals surface area contributed by atoms with E-state index in [1.807, 2.05) is 24.3 Å². The summed E-state index contributed by atoms with van der Waals surface area (Å²) in [6.45, 7) is 0.284. The van der Waals surface area contributed by atoms with Gasteiger partial charge in [0.05, 0.1) is 5.56 Å². The largest absolute Gasteiger partial charge is 0.453 e. The van der Waals surface area contributed by atoms with Crippen molar-refractivity contribution >= 4 is 23.9 Å². The highest BCUT2D eigenvalue weighted by Gasteiger charge is 2.25. The molecular formula is C22H17NO5. The number of anilines is 1. The van der Waals surface area contributed by atoms with Crippen LogP contribution in [0.15, 0.2) is 65.1 Å². The molecule has 1 aliphatic rings. The molecule has 1 aliphatic heterocycles. The number of aldehydes is 1. The van der Waals surface area contributed by atoms with Gasteiger partial charge >= 0.3 is 5.97 Å². The standard InChI is InChI=1S/C22H17NO5/c24-13-18-9-10-20(28-18)16-5-7-17(8-6-16)22(26)27-14-21(25)23-12-11-15-3-1-2-4-19(15)23/h1-10,13H,11-12,14H2. The van der Waals surface area contributed by atoms with Gasteiger partial charge in [0.15, 0.2) is 18.7 Å². The molecular weight excluding hydrogens is 358 g/mol. The molecule has 0 saturated carbocycles. The third-order valence-corrected chi connectivity index (χ3v) is 4.66. The summed E-state index contributed by atoms with van der Waals surface area (Å²) in [5, 5.41) is 0. The number of esters is 1. The van der Waals surface area contributed by atoms with E-state index in [0.29, 0.717) is 24.2 Å². The van der Waals surface area contributed by atoms with Crippen molar-refractivity contribution in [3.05, 3.63) is 77.6 Å². The molecule has 1 aromatic heterocycles. The number of benzene rings is 2. The summed E-state index contributed by atoms with van der Waals surface area (Å²) in [6, 6.07) is 17.6. The SMILES string of the molecule is O=Cc1ccc(-c2ccc(C(=O)OCC(=O)N3CCc4ccccc43)cc2)o1. The van der Waals surface area contributed by atoms with E-state index >= 15 is 0 Å². The van der Waals surface area contributed by atoms with Crippen molar-refractivity contribution in [3.8, 4) is 11.3 Å². The van der Waals surface area contributed by atoms with E-state index in [4.69, 9.17) is 9.15 Å². The van der Waals surface area contributed by atoms with Crippen molar-refractivity contribution in [2.24, 2.45) is 0 Å². The van der Waals surface area contributed by atoms with Gasteiger partial charge in [-0.2, -0.15) is 0 Å². The van der Waals surface area contributed by atoms with Gasteiger partial charge in [0.25, 0.3) is 5.91 Å². The van der Waals surface area contributed by atoms with Crippen LogP contribution in [0.5, 0.6) is 0 Å². The molecule has 0 radical (unpaired) electrons. The van der Waals surface area contributed by atoms with Crippen LogP contribution in [0.3, 0.4) is 0 Å². The van der Waals surface area contributed by atoms with Gasteiger partial charge in [-0.25, -0.2) is 4.79 Å². The van der Waals surface area contributed by atoms with Crippen molar-refractivity contribution in [1.29, 1.82) is 0 Å². The molecule has 0 fully saturated rings. The van der Waals surface area contributed by atoms with E-state index in [0.717, 1.165) is 23.2 Å². The van der Waals surface area contributed by atoms with Crippen LogP contribution in [0.4, 0.5) is 5.69 Å². The molecule has 28 heavy (non-hydrogen) atoms. The maximum atomic E-state index is 12.4. The van der Waals surface area contributed by atoms with Crippen LogP contribution in [-0.2, 0) is 16.0 Å². The molecule has 6 nitrogen and oxygen atoms in total. The van der Waals surface area contributed by atoms with Gasteiger partial charge in [-0.1, -0.05) is 30.3 Å². The molecule has 6 heteroatoms. The minimum absolute atomic E-state index is 0.237. The Balaban J connectivity index is 1.37. The summed E-state index contributed by atoms with van der Waals surface area (Å²) in [6.07, 6.45) is 1.43. The third kappa shape index (κ3) is 3.44. The maximum absolute atomic E-state index is 12.4. The molecule has 0 atom stereocenters. The first kappa shape index (κ1) is 17.7. The lowest BCUT2D eigenvalue weighted by Gasteiger charge is -2.17. The number of furan rings is 1. The summed E-state index contributed by atoms with van der Waals surface area (Å²) in [4.78, 5) is 37.0. The molecule has 0 bridgehead atoms. The predicted octanol–water partition coefficient (Wildman–Crippen LogP) is 3.51. The number of carbonyl (C=O) groups excluding carboxylic acids is 3. The highest BCUT2D eigenvalue weighted by molar-refractivity contribution is 5.98. The topological polar surface area (TPSA) is 76.8 Å². The van der Waals surface area contributed by atoms with E-state index in [1.165, 1.54) is 0 Å². The average Bonchev–Trinajstić information content (AvgIpc) is 3.39. The Morgan fingerprint density at radius 2 is 1.82 bits per heavy atom. The lowest BCUT2D eigenvalue weighted by atomic mass is 10.1. The molecule has 4 rings (SSSR count). The predicted molar refractivity (Wildman–Crippen MR) is 102 cm³/mol. The third-order valence-electron chi connectivity index (χ3n) is 4.66. The zero-order valence-corrected chi connectivity index (χ0v) is 15.0. The molecule has 3 aromatic rings. The molecule has 2 heterocycles. The Hall–Kier alpha value is -3.67. The van der Waals surface area contributed by atoms with Gasteiger partial charge in [0.1, 0.15) is 5.76 Å². The minimum atomic E-state index is -0.569. The van der Waals surface area contributed by atoms with Crippen molar-refractivity contribution < 1.29 is 23.5 Å². The van der Waals surface area contributed by atoms with Gasteiger partial charge in [-0.3, -0.25) is 9.59 Å². The van der Waals surface area contributed by atoms with E-state index < -0.39 is 5.97 Å². The minimum Gasteiger partial charge on any atom is -0.453 e. The number of para-hydroxylation sites is 1. The van der Waals surface area contributed by atoms with Crippen LogP contribution in [0.1, 0.15) is 26.5 Å². The first-order valence-corrected chi connectivity index (χ1v) is 8.86. The van der Waals surface area contributed by atoms with Crippen molar-refractivity contribution in [1.82, 2.24) is 0 Å². The van der Waals surface area contributed by atoms with Gasteiger partial charge in [-0.05, 0) is 42.3 Å². The van der Waals surface area contributed by atoms with Gasteiger partial charge in [0, 0.05) is 17.8 Å². The van der Waals surface area contributed by atoms with E-state index in [-0.39, 0.29) is 18.3 Å². The van der Waals surface area contributed by atoms with Crippen LogP contribution in [-0.4, -0.2) is 31.3 Å². The first-order chi connectivity index (χ1) is 13.7. The second kappa shape index (κ2) is 7.52.